The van der Waals surface area contributed by atoms with Crippen molar-refractivity contribution >= 4 is 34.3 Å². The van der Waals surface area contributed by atoms with Crippen molar-refractivity contribution in [3.63, 3.8) is 0 Å². The number of aromatic nitrogens is 3. The minimum absolute atomic E-state index is 0.0365. The van der Waals surface area contributed by atoms with Gasteiger partial charge in [-0.25, -0.2) is 9.97 Å². The molecular weight excluding hydrogens is 434 g/mol. The van der Waals surface area contributed by atoms with E-state index in [2.05, 4.69) is 4.98 Å². The normalized spacial score (nSPS) is 16.2. The van der Waals surface area contributed by atoms with Crippen molar-refractivity contribution in [1.82, 2.24) is 14.5 Å². The van der Waals surface area contributed by atoms with Gasteiger partial charge >= 0.3 is 0 Å². The lowest BCUT2D eigenvalue weighted by Crippen LogP contribution is -2.28. The van der Waals surface area contributed by atoms with E-state index in [1.54, 1.807) is 23.0 Å². The van der Waals surface area contributed by atoms with Crippen LogP contribution in [-0.4, -0.2) is 27.2 Å². The van der Waals surface area contributed by atoms with Gasteiger partial charge in [0.15, 0.2) is 5.16 Å². The first-order valence-corrected chi connectivity index (χ1v) is 11.5. The number of ether oxygens (including phenoxy) is 1. The number of thioether (sulfide) groups is 1. The third-order valence-electron chi connectivity index (χ3n) is 5.23. The first-order chi connectivity index (χ1) is 15.2. The average Bonchev–Trinajstić information content (AvgIpc) is 3.47. The number of fused-ring (bicyclic) bond motifs is 1. The third kappa shape index (κ3) is 4.39. The molecule has 1 aliphatic heterocycles. The van der Waals surface area contributed by atoms with Crippen LogP contribution >= 0.6 is 23.4 Å². The molecule has 6 nitrogen and oxygen atoms in total. The molecule has 0 bridgehead atoms. The molecule has 0 spiro atoms. The van der Waals surface area contributed by atoms with E-state index in [0.29, 0.717) is 39.3 Å². The van der Waals surface area contributed by atoms with Crippen LogP contribution in [0.3, 0.4) is 0 Å². The van der Waals surface area contributed by atoms with Gasteiger partial charge in [0.25, 0.3) is 5.56 Å². The summed E-state index contributed by atoms with van der Waals surface area (Å²) in [4.78, 5) is 22.5. The van der Waals surface area contributed by atoms with Crippen molar-refractivity contribution in [2.45, 2.75) is 36.4 Å². The van der Waals surface area contributed by atoms with Crippen molar-refractivity contribution in [2.24, 2.45) is 0 Å². The quantitative estimate of drug-likeness (QED) is 0.296. The first-order valence-electron chi connectivity index (χ1n) is 10.1. The summed E-state index contributed by atoms with van der Waals surface area (Å²) in [5.41, 5.74) is 2.30. The van der Waals surface area contributed by atoms with E-state index >= 15 is 0 Å². The van der Waals surface area contributed by atoms with Crippen molar-refractivity contribution in [2.75, 3.05) is 6.61 Å². The Kier molecular flexibility index (Phi) is 5.80. The monoisotopic (exact) mass is 453 g/mol. The molecule has 0 N–H and O–H groups in total. The predicted octanol–water partition coefficient (Wildman–Crippen LogP) is 5.18. The van der Waals surface area contributed by atoms with Crippen LogP contribution in [0.1, 0.15) is 18.5 Å². The SMILES string of the molecule is O=c1c2ccccc2nc(SCc2coc(-c3ccc(Cl)cc3)n2)n1C[C@@H]1CCCO1. The Morgan fingerprint density at radius 1 is 1.13 bits per heavy atom. The number of halogens is 1. The fourth-order valence-corrected chi connectivity index (χ4v) is 4.66. The Hall–Kier alpha value is -2.61. The minimum Gasteiger partial charge on any atom is -0.444 e. The van der Waals surface area contributed by atoms with Crippen LogP contribution in [0.25, 0.3) is 22.4 Å². The topological polar surface area (TPSA) is 70.2 Å². The van der Waals surface area contributed by atoms with E-state index in [0.717, 1.165) is 30.7 Å². The highest BCUT2D eigenvalue weighted by atomic mass is 35.5. The molecular formula is C23H20ClN3O3S. The van der Waals surface area contributed by atoms with Crippen LogP contribution in [0.2, 0.25) is 5.02 Å². The first kappa shape index (κ1) is 20.3. The van der Waals surface area contributed by atoms with Gasteiger partial charge in [0.2, 0.25) is 5.89 Å². The number of rotatable bonds is 6. The summed E-state index contributed by atoms with van der Waals surface area (Å²) < 4.78 is 13.1. The second-order valence-corrected chi connectivity index (χ2v) is 8.78. The second kappa shape index (κ2) is 8.86. The molecule has 0 unspecified atom stereocenters. The Morgan fingerprint density at radius 3 is 2.77 bits per heavy atom. The van der Waals surface area contributed by atoms with E-state index in [1.165, 1.54) is 11.8 Å². The van der Waals surface area contributed by atoms with Crippen molar-refractivity contribution in [3.05, 3.63) is 75.9 Å². The molecule has 0 saturated carbocycles. The highest BCUT2D eigenvalue weighted by Crippen LogP contribution is 2.26. The summed E-state index contributed by atoms with van der Waals surface area (Å²) in [5.74, 6) is 1.07. The smallest absolute Gasteiger partial charge is 0.262 e. The Morgan fingerprint density at radius 2 is 1.97 bits per heavy atom. The summed E-state index contributed by atoms with van der Waals surface area (Å²) in [5, 5.41) is 1.95. The standard InChI is InChI=1S/C23H20ClN3O3S/c24-16-9-7-15(8-10-16)21-25-17(13-30-21)14-31-23-26-20-6-2-1-5-19(20)22(28)27(23)12-18-4-3-11-29-18/h1-2,5-10,13,18H,3-4,11-12,14H2/t18-/m0/s1. The van der Waals surface area contributed by atoms with Gasteiger partial charge in [-0.3, -0.25) is 9.36 Å². The maximum absolute atomic E-state index is 13.2. The molecule has 2 aromatic heterocycles. The Bertz CT molecular complexity index is 1260. The van der Waals surface area contributed by atoms with Crippen LogP contribution in [0.5, 0.6) is 0 Å². The fraction of sp³-hybridized carbons (Fsp3) is 0.261. The summed E-state index contributed by atoms with van der Waals surface area (Å²) >= 11 is 7.43. The third-order valence-corrected chi connectivity index (χ3v) is 6.49. The highest BCUT2D eigenvalue weighted by Gasteiger charge is 2.20. The predicted molar refractivity (Wildman–Crippen MR) is 121 cm³/mol. The Labute approximate surface area is 188 Å². The molecule has 2 aromatic carbocycles. The number of para-hydroxylation sites is 1. The van der Waals surface area contributed by atoms with Crippen LogP contribution in [0.15, 0.2) is 69.2 Å². The van der Waals surface area contributed by atoms with E-state index in [-0.39, 0.29) is 11.7 Å². The van der Waals surface area contributed by atoms with Gasteiger partial charge in [-0.2, -0.15) is 0 Å². The number of benzene rings is 2. The fourth-order valence-electron chi connectivity index (χ4n) is 3.65. The molecule has 158 valence electrons. The van der Waals surface area contributed by atoms with Crippen LogP contribution in [-0.2, 0) is 17.0 Å². The zero-order valence-electron chi connectivity index (χ0n) is 16.7. The van der Waals surface area contributed by atoms with Crippen LogP contribution in [0, 0.1) is 0 Å². The molecule has 8 heteroatoms. The summed E-state index contributed by atoms with van der Waals surface area (Å²) in [7, 11) is 0. The highest BCUT2D eigenvalue weighted by molar-refractivity contribution is 7.98. The average molecular weight is 454 g/mol. The number of oxazole rings is 1. The zero-order valence-corrected chi connectivity index (χ0v) is 18.2. The van der Waals surface area contributed by atoms with Crippen molar-refractivity contribution in [1.29, 1.82) is 0 Å². The molecule has 5 rings (SSSR count). The largest absolute Gasteiger partial charge is 0.444 e. The second-order valence-electron chi connectivity index (χ2n) is 7.40. The number of nitrogens with zero attached hydrogens (tertiary/aromatic N) is 3. The molecule has 31 heavy (non-hydrogen) atoms. The zero-order chi connectivity index (χ0) is 21.2. The summed E-state index contributed by atoms with van der Waals surface area (Å²) in [6.07, 6.45) is 3.66. The summed E-state index contributed by atoms with van der Waals surface area (Å²) in [6, 6.07) is 14.8. The minimum atomic E-state index is -0.0365. The van der Waals surface area contributed by atoms with Gasteiger partial charge in [0.05, 0.1) is 29.2 Å². The molecule has 1 fully saturated rings. The van der Waals surface area contributed by atoms with Gasteiger partial charge in [0.1, 0.15) is 6.26 Å². The van der Waals surface area contributed by atoms with Gasteiger partial charge < -0.3 is 9.15 Å². The molecule has 1 saturated heterocycles. The van der Waals surface area contributed by atoms with Crippen LogP contribution in [0.4, 0.5) is 0 Å². The lowest BCUT2D eigenvalue weighted by molar-refractivity contribution is 0.0937. The lowest BCUT2D eigenvalue weighted by atomic mass is 10.2. The van der Waals surface area contributed by atoms with Gasteiger partial charge in [-0.05, 0) is 49.2 Å². The Balaban J connectivity index is 1.41. The molecule has 1 atom stereocenters. The molecule has 0 amide bonds. The van der Waals surface area contributed by atoms with Crippen LogP contribution < -0.4 is 5.56 Å². The van der Waals surface area contributed by atoms with Gasteiger partial charge in [-0.1, -0.05) is 35.5 Å². The molecule has 1 aliphatic rings. The number of hydrogen-bond donors (Lipinski definition) is 0. The number of hydrogen-bond acceptors (Lipinski definition) is 6. The van der Waals surface area contributed by atoms with E-state index < -0.39 is 0 Å². The van der Waals surface area contributed by atoms with Gasteiger partial charge in [0, 0.05) is 22.9 Å². The van der Waals surface area contributed by atoms with E-state index in [1.807, 2.05) is 36.4 Å². The molecule has 3 heterocycles. The van der Waals surface area contributed by atoms with Gasteiger partial charge in [-0.15, -0.1) is 0 Å². The maximum atomic E-state index is 13.2. The van der Waals surface area contributed by atoms with Crippen molar-refractivity contribution < 1.29 is 9.15 Å². The van der Waals surface area contributed by atoms with Crippen molar-refractivity contribution in [3.8, 4) is 11.5 Å². The van der Waals surface area contributed by atoms with E-state index in [4.69, 9.17) is 25.7 Å². The maximum Gasteiger partial charge on any atom is 0.262 e. The van der Waals surface area contributed by atoms with E-state index in [9.17, 15) is 4.79 Å². The molecule has 0 aliphatic carbocycles. The lowest BCUT2D eigenvalue weighted by Gasteiger charge is -2.16. The molecule has 4 aromatic rings. The molecule has 0 radical (unpaired) electrons. The summed E-state index contributed by atoms with van der Waals surface area (Å²) in [6.45, 7) is 1.25.